The topological polar surface area (TPSA) is 109 Å². The minimum Gasteiger partial charge on any atom is -0.442 e. The molecular weight excluding hydrogens is 345 g/mol. The van der Waals surface area contributed by atoms with E-state index in [1.54, 1.807) is 6.07 Å². The summed E-state index contributed by atoms with van der Waals surface area (Å²) < 4.78 is 20.9. The van der Waals surface area contributed by atoms with Crippen molar-refractivity contribution in [1.29, 1.82) is 0 Å². The van der Waals surface area contributed by atoms with Gasteiger partial charge >= 0.3 is 6.09 Å². The zero-order chi connectivity index (χ0) is 18.7. The van der Waals surface area contributed by atoms with Crippen molar-refractivity contribution in [3.05, 3.63) is 42.0 Å². The predicted octanol–water partition coefficient (Wildman–Crippen LogP) is 1.28. The molecule has 1 unspecified atom stereocenters. The van der Waals surface area contributed by atoms with Gasteiger partial charge in [0.25, 0.3) is 0 Å². The molecule has 0 radical (unpaired) electrons. The van der Waals surface area contributed by atoms with Gasteiger partial charge in [0.1, 0.15) is 11.8 Å². The monoisotopic (exact) mass is 361 g/mol. The quantitative estimate of drug-likeness (QED) is 0.474. The number of aromatic nitrogens is 2. The summed E-state index contributed by atoms with van der Waals surface area (Å²) in [5.41, 5.74) is 1.01. The molecule has 1 aromatic carbocycles. The van der Waals surface area contributed by atoms with Crippen molar-refractivity contribution >= 4 is 23.9 Å². The van der Waals surface area contributed by atoms with Crippen LogP contribution in [0.15, 0.2) is 35.7 Å². The largest absolute Gasteiger partial charge is 0.442 e. The van der Waals surface area contributed by atoms with E-state index in [2.05, 4.69) is 15.6 Å². The third-order valence-corrected chi connectivity index (χ3v) is 3.75. The Balaban J connectivity index is 1.76. The van der Waals surface area contributed by atoms with Crippen molar-refractivity contribution in [2.24, 2.45) is 5.16 Å². The van der Waals surface area contributed by atoms with Crippen LogP contribution in [-0.2, 0) is 9.53 Å². The standard InChI is InChI=1S/C16H16FN5O4/c1-10(23)18-7-13-9-21(16(24)26-13)12-2-3-15(14(17)4-12)22-8-11(5-19-22)6-20-25/h2-6,8,13,25H,7,9H2,1H3,(H,18,23). The van der Waals surface area contributed by atoms with E-state index < -0.39 is 18.0 Å². The number of rotatable bonds is 5. The number of nitrogens with zero attached hydrogens (tertiary/aromatic N) is 4. The van der Waals surface area contributed by atoms with Crippen LogP contribution in [0.3, 0.4) is 0 Å². The van der Waals surface area contributed by atoms with E-state index in [0.29, 0.717) is 11.3 Å². The fourth-order valence-electron chi connectivity index (χ4n) is 2.55. The number of nitrogens with one attached hydrogen (secondary N) is 1. The van der Waals surface area contributed by atoms with E-state index in [1.807, 2.05) is 0 Å². The number of oxime groups is 1. The van der Waals surface area contributed by atoms with Gasteiger partial charge in [0.2, 0.25) is 5.91 Å². The van der Waals surface area contributed by atoms with Crippen LogP contribution in [0.1, 0.15) is 12.5 Å². The Kier molecular flexibility index (Phi) is 4.83. The average Bonchev–Trinajstić information content (AvgIpc) is 3.20. The molecule has 1 saturated heterocycles. The second-order valence-corrected chi connectivity index (χ2v) is 5.65. The lowest BCUT2D eigenvalue weighted by atomic mass is 10.2. The number of anilines is 1. The van der Waals surface area contributed by atoms with Gasteiger partial charge in [0, 0.05) is 18.7 Å². The van der Waals surface area contributed by atoms with E-state index >= 15 is 0 Å². The van der Waals surface area contributed by atoms with Gasteiger partial charge < -0.3 is 15.3 Å². The molecule has 1 aliphatic heterocycles. The SMILES string of the molecule is CC(=O)NCC1CN(c2ccc(-n3cc(C=NO)cn3)c(F)c2)C(=O)O1. The summed E-state index contributed by atoms with van der Waals surface area (Å²) in [6.07, 6.45) is 2.97. The molecule has 1 aromatic heterocycles. The van der Waals surface area contributed by atoms with Crippen LogP contribution < -0.4 is 10.2 Å². The number of carbonyl (C=O) groups excluding carboxylic acids is 2. The third-order valence-electron chi connectivity index (χ3n) is 3.75. The second kappa shape index (κ2) is 7.21. The summed E-state index contributed by atoms with van der Waals surface area (Å²) in [5.74, 6) is -0.809. The molecule has 9 nitrogen and oxygen atoms in total. The van der Waals surface area contributed by atoms with E-state index in [4.69, 9.17) is 9.94 Å². The van der Waals surface area contributed by atoms with Gasteiger partial charge in [0.15, 0.2) is 5.82 Å². The van der Waals surface area contributed by atoms with Gasteiger partial charge in [-0.1, -0.05) is 5.16 Å². The Morgan fingerprint density at radius 3 is 3.08 bits per heavy atom. The molecule has 0 saturated carbocycles. The first-order chi connectivity index (χ1) is 12.5. The molecule has 0 bridgehead atoms. The second-order valence-electron chi connectivity index (χ2n) is 5.65. The number of carbonyl (C=O) groups is 2. The highest BCUT2D eigenvalue weighted by atomic mass is 19.1. The van der Waals surface area contributed by atoms with Crippen LogP contribution in [-0.4, -0.2) is 52.4 Å². The van der Waals surface area contributed by atoms with Crippen molar-refractivity contribution in [3.63, 3.8) is 0 Å². The lowest BCUT2D eigenvalue weighted by Crippen LogP contribution is -2.33. The highest BCUT2D eigenvalue weighted by Crippen LogP contribution is 2.25. The summed E-state index contributed by atoms with van der Waals surface area (Å²) in [5, 5.41) is 18.0. The molecule has 1 fully saturated rings. The maximum absolute atomic E-state index is 14.5. The highest BCUT2D eigenvalue weighted by Gasteiger charge is 2.32. The van der Waals surface area contributed by atoms with Crippen LogP contribution in [0.5, 0.6) is 0 Å². The van der Waals surface area contributed by atoms with Gasteiger partial charge in [0.05, 0.1) is 31.2 Å². The van der Waals surface area contributed by atoms with Crippen LogP contribution >= 0.6 is 0 Å². The van der Waals surface area contributed by atoms with E-state index in [1.165, 1.54) is 47.2 Å². The number of halogens is 1. The van der Waals surface area contributed by atoms with Gasteiger partial charge in [-0.15, -0.1) is 0 Å². The minimum atomic E-state index is -0.604. The van der Waals surface area contributed by atoms with Crippen molar-refractivity contribution in [2.45, 2.75) is 13.0 Å². The zero-order valence-corrected chi connectivity index (χ0v) is 13.8. The lowest BCUT2D eigenvalue weighted by Gasteiger charge is -2.14. The molecule has 0 spiro atoms. The molecule has 3 rings (SSSR count). The minimum absolute atomic E-state index is 0.175. The Bertz CT molecular complexity index is 866. The number of amides is 2. The van der Waals surface area contributed by atoms with E-state index in [-0.39, 0.29) is 24.7 Å². The molecular formula is C16H16FN5O4. The number of hydrogen-bond acceptors (Lipinski definition) is 6. The molecule has 10 heteroatoms. The van der Waals surface area contributed by atoms with Crippen LogP contribution in [0.25, 0.3) is 5.69 Å². The fraction of sp³-hybridized carbons (Fsp3) is 0.250. The maximum Gasteiger partial charge on any atom is 0.414 e. The molecule has 2 N–H and O–H groups in total. The number of cyclic esters (lactones) is 1. The first-order valence-electron chi connectivity index (χ1n) is 7.72. The molecule has 26 heavy (non-hydrogen) atoms. The first kappa shape index (κ1) is 17.4. The summed E-state index contributed by atoms with van der Waals surface area (Å²) in [6, 6.07) is 4.26. The normalized spacial score (nSPS) is 16.9. The molecule has 136 valence electrons. The van der Waals surface area contributed by atoms with Crippen LogP contribution in [0, 0.1) is 5.82 Å². The molecule has 1 aliphatic rings. The van der Waals surface area contributed by atoms with E-state index in [9.17, 15) is 14.0 Å². The number of ether oxygens (including phenoxy) is 1. The first-order valence-corrected chi connectivity index (χ1v) is 7.72. The molecule has 2 aromatic rings. The number of hydrogen-bond donors (Lipinski definition) is 2. The Morgan fingerprint density at radius 2 is 2.38 bits per heavy atom. The molecule has 2 amide bonds. The van der Waals surface area contributed by atoms with E-state index in [0.717, 1.165) is 0 Å². The van der Waals surface area contributed by atoms with Gasteiger partial charge in [-0.2, -0.15) is 5.10 Å². The van der Waals surface area contributed by atoms with Crippen molar-refractivity contribution in [2.75, 3.05) is 18.0 Å². The van der Waals surface area contributed by atoms with Gasteiger partial charge in [-0.05, 0) is 18.2 Å². The Hall–Kier alpha value is -3.43. The molecule has 0 aliphatic carbocycles. The smallest absolute Gasteiger partial charge is 0.414 e. The van der Waals surface area contributed by atoms with Gasteiger partial charge in [-0.3, -0.25) is 9.69 Å². The summed E-state index contributed by atoms with van der Waals surface area (Å²) in [4.78, 5) is 24.2. The molecule has 1 atom stereocenters. The lowest BCUT2D eigenvalue weighted by molar-refractivity contribution is -0.119. The average molecular weight is 361 g/mol. The fourth-order valence-corrected chi connectivity index (χ4v) is 2.55. The Labute approximate surface area is 147 Å². The maximum atomic E-state index is 14.5. The zero-order valence-electron chi connectivity index (χ0n) is 13.8. The highest BCUT2D eigenvalue weighted by molar-refractivity contribution is 5.90. The van der Waals surface area contributed by atoms with Crippen molar-refractivity contribution < 1.29 is 23.9 Å². The third kappa shape index (κ3) is 3.63. The van der Waals surface area contributed by atoms with Crippen LogP contribution in [0.4, 0.5) is 14.9 Å². The number of benzene rings is 1. The summed E-state index contributed by atoms with van der Waals surface area (Å²) in [6.45, 7) is 1.77. The van der Waals surface area contributed by atoms with Gasteiger partial charge in [-0.25, -0.2) is 13.9 Å². The van der Waals surface area contributed by atoms with Crippen molar-refractivity contribution in [1.82, 2.24) is 15.1 Å². The Morgan fingerprint density at radius 1 is 1.58 bits per heavy atom. The molecule has 2 heterocycles. The predicted molar refractivity (Wildman–Crippen MR) is 89.2 cm³/mol. The van der Waals surface area contributed by atoms with Crippen molar-refractivity contribution in [3.8, 4) is 5.69 Å². The summed E-state index contributed by atoms with van der Waals surface area (Å²) >= 11 is 0. The summed E-state index contributed by atoms with van der Waals surface area (Å²) in [7, 11) is 0. The van der Waals surface area contributed by atoms with Crippen LogP contribution in [0.2, 0.25) is 0 Å².